The number of benzene rings is 1. The number of amides is 1. The van der Waals surface area contributed by atoms with Crippen molar-refractivity contribution >= 4 is 35.8 Å². The number of carbonyl (C=O) groups is 1. The molecule has 0 bridgehead atoms. The number of nitrogens with zero attached hydrogens (tertiary/aromatic N) is 2. The fourth-order valence-electron chi connectivity index (χ4n) is 3.37. The summed E-state index contributed by atoms with van der Waals surface area (Å²) >= 11 is 0. The Balaban J connectivity index is 0.00000392. The lowest BCUT2D eigenvalue weighted by atomic mass is 9.95. The molecule has 0 radical (unpaired) electrons. The molecule has 28 heavy (non-hydrogen) atoms. The molecule has 0 saturated carbocycles. The van der Waals surface area contributed by atoms with Crippen LogP contribution in [-0.4, -0.2) is 50.1 Å². The SMILES string of the molecule is CN=C(NCCc1ccc(OCC(C)C)cc1)N1CCCC(CC(N)=O)C1.I. The third kappa shape index (κ3) is 8.67. The van der Waals surface area contributed by atoms with E-state index in [1.54, 1.807) is 7.05 Å². The van der Waals surface area contributed by atoms with Crippen LogP contribution in [0.25, 0.3) is 0 Å². The number of carbonyl (C=O) groups excluding carboxylic acids is 1. The van der Waals surface area contributed by atoms with E-state index in [0.29, 0.717) is 18.3 Å². The second kappa shape index (κ2) is 12.9. The number of likely N-dealkylation sites (tertiary alicyclic amines) is 1. The van der Waals surface area contributed by atoms with E-state index in [0.717, 1.165) is 57.2 Å². The molecular weight excluding hydrogens is 467 g/mol. The van der Waals surface area contributed by atoms with Gasteiger partial charge in [0.25, 0.3) is 0 Å². The predicted octanol–water partition coefficient (Wildman–Crippen LogP) is 3.04. The lowest BCUT2D eigenvalue weighted by Gasteiger charge is -2.34. The minimum atomic E-state index is -0.217. The summed E-state index contributed by atoms with van der Waals surface area (Å²) in [6.07, 6.45) is 3.50. The molecule has 1 amide bonds. The largest absolute Gasteiger partial charge is 0.493 e. The molecule has 1 unspecified atom stereocenters. The molecule has 1 aliphatic rings. The Labute approximate surface area is 186 Å². The molecule has 3 N–H and O–H groups in total. The van der Waals surface area contributed by atoms with Gasteiger partial charge in [-0.05, 0) is 48.8 Å². The molecular formula is C21H35IN4O2. The summed E-state index contributed by atoms with van der Waals surface area (Å²) in [5.41, 5.74) is 6.62. The van der Waals surface area contributed by atoms with Crippen LogP contribution in [0.1, 0.15) is 38.7 Å². The van der Waals surface area contributed by atoms with E-state index in [-0.39, 0.29) is 29.9 Å². The van der Waals surface area contributed by atoms with Crippen molar-refractivity contribution in [3.63, 3.8) is 0 Å². The van der Waals surface area contributed by atoms with Gasteiger partial charge in [0.15, 0.2) is 5.96 Å². The summed E-state index contributed by atoms with van der Waals surface area (Å²) in [6.45, 7) is 7.65. The van der Waals surface area contributed by atoms with Gasteiger partial charge in [-0.1, -0.05) is 26.0 Å². The molecule has 1 aromatic carbocycles. The van der Waals surface area contributed by atoms with Crippen molar-refractivity contribution in [2.45, 2.75) is 39.5 Å². The topological polar surface area (TPSA) is 80.0 Å². The lowest BCUT2D eigenvalue weighted by molar-refractivity contribution is -0.119. The van der Waals surface area contributed by atoms with Gasteiger partial charge in [-0.2, -0.15) is 0 Å². The minimum Gasteiger partial charge on any atom is -0.493 e. The summed E-state index contributed by atoms with van der Waals surface area (Å²) in [5.74, 6) is 2.46. The van der Waals surface area contributed by atoms with E-state index >= 15 is 0 Å². The van der Waals surface area contributed by atoms with Crippen molar-refractivity contribution in [2.24, 2.45) is 22.6 Å². The van der Waals surface area contributed by atoms with Gasteiger partial charge in [0.2, 0.25) is 5.91 Å². The van der Waals surface area contributed by atoms with Gasteiger partial charge in [0.1, 0.15) is 5.75 Å². The highest BCUT2D eigenvalue weighted by molar-refractivity contribution is 14.0. The van der Waals surface area contributed by atoms with Crippen molar-refractivity contribution < 1.29 is 9.53 Å². The van der Waals surface area contributed by atoms with Crippen molar-refractivity contribution in [2.75, 3.05) is 33.3 Å². The Kier molecular flexibility index (Phi) is 11.3. The number of rotatable bonds is 8. The van der Waals surface area contributed by atoms with Crippen LogP contribution >= 0.6 is 24.0 Å². The summed E-state index contributed by atoms with van der Waals surface area (Å²) in [6, 6.07) is 8.30. The van der Waals surface area contributed by atoms with Crippen molar-refractivity contribution in [1.82, 2.24) is 10.2 Å². The van der Waals surface area contributed by atoms with Crippen LogP contribution in [0, 0.1) is 11.8 Å². The Hall–Kier alpha value is -1.51. The molecule has 1 heterocycles. The smallest absolute Gasteiger partial charge is 0.217 e. The first kappa shape index (κ1) is 24.5. The predicted molar refractivity (Wildman–Crippen MR) is 125 cm³/mol. The highest BCUT2D eigenvalue weighted by atomic mass is 127. The second-order valence-corrected chi connectivity index (χ2v) is 7.70. The van der Waals surface area contributed by atoms with Crippen molar-refractivity contribution in [1.29, 1.82) is 0 Å². The quantitative estimate of drug-likeness (QED) is 0.326. The van der Waals surface area contributed by atoms with Crippen LogP contribution in [0.3, 0.4) is 0 Å². The Morgan fingerprint density at radius 2 is 2.07 bits per heavy atom. The summed E-state index contributed by atoms with van der Waals surface area (Å²) < 4.78 is 5.73. The molecule has 1 fully saturated rings. The summed E-state index contributed by atoms with van der Waals surface area (Å²) in [5, 5.41) is 3.44. The van der Waals surface area contributed by atoms with Crippen LogP contribution in [0.2, 0.25) is 0 Å². The van der Waals surface area contributed by atoms with Gasteiger partial charge >= 0.3 is 0 Å². The van der Waals surface area contributed by atoms with Crippen LogP contribution in [0.5, 0.6) is 5.75 Å². The average Bonchev–Trinajstić information content (AvgIpc) is 2.64. The maximum absolute atomic E-state index is 11.2. The zero-order valence-corrected chi connectivity index (χ0v) is 19.6. The first-order valence-corrected chi connectivity index (χ1v) is 9.93. The highest BCUT2D eigenvalue weighted by Crippen LogP contribution is 2.19. The molecule has 1 saturated heterocycles. The van der Waals surface area contributed by atoms with Gasteiger partial charge in [0.05, 0.1) is 6.61 Å². The van der Waals surface area contributed by atoms with Crippen LogP contribution in [0.4, 0.5) is 0 Å². The van der Waals surface area contributed by atoms with Crippen molar-refractivity contribution in [3.05, 3.63) is 29.8 Å². The Bertz CT molecular complexity index is 619. The zero-order valence-electron chi connectivity index (χ0n) is 17.3. The number of halogens is 1. The first-order chi connectivity index (χ1) is 13.0. The molecule has 7 heteroatoms. The van der Waals surface area contributed by atoms with Crippen LogP contribution in [0.15, 0.2) is 29.3 Å². The number of primary amides is 1. The molecule has 2 rings (SSSR count). The van der Waals surface area contributed by atoms with Gasteiger partial charge in [-0.25, -0.2) is 0 Å². The number of hydrogen-bond acceptors (Lipinski definition) is 3. The number of piperidine rings is 1. The fraction of sp³-hybridized carbons (Fsp3) is 0.619. The Morgan fingerprint density at radius 3 is 2.68 bits per heavy atom. The molecule has 1 aromatic rings. The first-order valence-electron chi connectivity index (χ1n) is 9.93. The van der Waals surface area contributed by atoms with E-state index in [2.05, 4.69) is 41.2 Å². The maximum Gasteiger partial charge on any atom is 0.217 e. The second-order valence-electron chi connectivity index (χ2n) is 7.70. The lowest BCUT2D eigenvalue weighted by Crippen LogP contribution is -2.47. The normalized spacial score (nSPS) is 17.2. The minimum absolute atomic E-state index is 0. The number of ether oxygens (including phenoxy) is 1. The van der Waals surface area contributed by atoms with Gasteiger partial charge in [0, 0.05) is 33.1 Å². The van der Waals surface area contributed by atoms with Gasteiger partial charge in [-0.3, -0.25) is 9.79 Å². The molecule has 1 aliphatic heterocycles. The van der Waals surface area contributed by atoms with E-state index < -0.39 is 0 Å². The third-order valence-corrected chi connectivity index (χ3v) is 4.72. The van der Waals surface area contributed by atoms with E-state index in [1.165, 1.54) is 5.56 Å². The monoisotopic (exact) mass is 502 g/mol. The van der Waals surface area contributed by atoms with E-state index in [9.17, 15) is 4.79 Å². The van der Waals surface area contributed by atoms with Crippen LogP contribution in [-0.2, 0) is 11.2 Å². The standard InChI is InChI=1S/C21H34N4O2.HI/c1-16(2)15-27-19-8-6-17(7-9-19)10-11-24-21(23-3)25-12-4-5-18(14-25)13-20(22)26;/h6-9,16,18H,4-5,10-15H2,1-3H3,(H2,22,26)(H,23,24);1H. The number of hydrogen-bond donors (Lipinski definition) is 2. The van der Waals surface area contributed by atoms with Gasteiger partial charge in [-0.15, -0.1) is 24.0 Å². The molecule has 0 aromatic heterocycles. The molecule has 0 spiro atoms. The van der Waals surface area contributed by atoms with Crippen LogP contribution < -0.4 is 15.8 Å². The van der Waals surface area contributed by atoms with Crippen molar-refractivity contribution in [3.8, 4) is 5.75 Å². The highest BCUT2D eigenvalue weighted by Gasteiger charge is 2.23. The summed E-state index contributed by atoms with van der Waals surface area (Å²) in [7, 11) is 1.81. The van der Waals surface area contributed by atoms with Gasteiger partial charge < -0.3 is 20.7 Å². The zero-order chi connectivity index (χ0) is 19.6. The number of aliphatic imine (C=N–C) groups is 1. The molecule has 6 nitrogen and oxygen atoms in total. The molecule has 0 aliphatic carbocycles. The fourth-order valence-corrected chi connectivity index (χ4v) is 3.37. The molecule has 1 atom stereocenters. The average molecular weight is 502 g/mol. The summed E-state index contributed by atoms with van der Waals surface area (Å²) in [4.78, 5) is 17.8. The molecule has 158 valence electrons. The maximum atomic E-state index is 11.2. The van der Waals surface area contributed by atoms with E-state index in [1.807, 2.05) is 12.1 Å². The number of nitrogens with one attached hydrogen (secondary N) is 1. The Morgan fingerprint density at radius 1 is 1.36 bits per heavy atom. The van der Waals surface area contributed by atoms with E-state index in [4.69, 9.17) is 10.5 Å². The third-order valence-electron chi connectivity index (χ3n) is 4.72. The number of nitrogens with two attached hydrogens (primary N) is 1. The number of guanidine groups is 1.